The number of nitrogens with one attached hydrogen (secondary N) is 2. The van der Waals surface area contributed by atoms with Crippen LogP contribution >= 0.6 is 0 Å². The van der Waals surface area contributed by atoms with Crippen molar-refractivity contribution in [3.05, 3.63) is 11.9 Å². The van der Waals surface area contributed by atoms with E-state index in [1.54, 1.807) is 0 Å². The van der Waals surface area contributed by atoms with E-state index in [1.807, 2.05) is 13.1 Å². The fourth-order valence-corrected chi connectivity index (χ4v) is 3.76. The molecule has 2 N–H and O–H groups in total. The van der Waals surface area contributed by atoms with Crippen LogP contribution in [0, 0.1) is 0 Å². The summed E-state index contributed by atoms with van der Waals surface area (Å²) in [5, 5.41) is 6.84. The van der Waals surface area contributed by atoms with Gasteiger partial charge in [-0.3, -0.25) is 0 Å². The third kappa shape index (κ3) is 2.84. The van der Waals surface area contributed by atoms with E-state index < -0.39 is 0 Å². The zero-order valence-electron chi connectivity index (χ0n) is 12.8. The zero-order chi connectivity index (χ0) is 14.2. The molecular weight excluding hydrogens is 262 g/mol. The minimum Gasteiger partial charge on any atom is -0.373 e. The Kier molecular flexibility index (Phi) is 3.45. The Labute approximate surface area is 126 Å². The molecule has 1 aliphatic carbocycles. The highest BCUT2D eigenvalue weighted by atomic mass is 15.2. The fraction of sp³-hybridized carbons (Fsp3) is 0.750. The first-order valence-corrected chi connectivity index (χ1v) is 8.39. The highest BCUT2D eigenvalue weighted by molar-refractivity contribution is 5.48. The molecule has 2 unspecified atom stereocenters. The number of anilines is 2. The lowest BCUT2D eigenvalue weighted by molar-refractivity contribution is 0.188. The maximum atomic E-state index is 4.75. The van der Waals surface area contributed by atoms with E-state index >= 15 is 0 Å². The Morgan fingerprint density at radius 1 is 1.10 bits per heavy atom. The molecule has 2 saturated heterocycles. The van der Waals surface area contributed by atoms with Crippen LogP contribution in [0.25, 0.3) is 0 Å². The van der Waals surface area contributed by atoms with Crippen molar-refractivity contribution >= 4 is 11.6 Å². The van der Waals surface area contributed by atoms with Crippen molar-refractivity contribution in [2.45, 2.75) is 56.5 Å². The van der Waals surface area contributed by atoms with E-state index in [1.165, 1.54) is 51.6 Å². The van der Waals surface area contributed by atoms with Gasteiger partial charge in [0.25, 0.3) is 0 Å². The molecule has 0 aromatic carbocycles. The predicted octanol–water partition coefficient (Wildman–Crippen LogP) is 2.43. The molecule has 3 heterocycles. The van der Waals surface area contributed by atoms with E-state index in [0.717, 1.165) is 23.5 Å². The Bertz CT molecular complexity index is 513. The van der Waals surface area contributed by atoms with E-state index in [0.29, 0.717) is 12.0 Å². The first-order valence-electron chi connectivity index (χ1n) is 8.39. The molecule has 4 rings (SSSR count). The van der Waals surface area contributed by atoms with Gasteiger partial charge < -0.3 is 15.5 Å². The van der Waals surface area contributed by atoms with Crippen molar-refractivity contribution in [1.29, 1.82) is 0 Å². The number of rotatable bonds is 4. The monoisotopic (exact) mass is 287 g/mol. The SMILES string of the molecule is CNc1cc(NC2CCN3CCCC3C2)nc(C2CC2)n1. The van der Waals surface area contributed by atoms with Gasteiger partial charge in [0.05, 0.1) is 0 Å². The van der Waals surface area contributed by atoms with E-state index in [-0.39, 0.29) is 0 Å². The van der Waals surface area contributed by atoms with Crippen LogP contribution in [0.1, 0.15) is 50.3 Å². The Hall–Kier alpha value is -1.36. The van der Waals surface area contributed by atoms with Gasteiger partial charge in [-0.05, 0) is 45.1 Å². The molecule has 1 saturated carbocycles. The molecule has 5 nitrogen and oxygen atoms in total. The van der Waals surface area contributed by atoms with Gasteiger partial charge in [0, 0.05) is 37.7 Å². The third-order valence-electron chi connectivity index (χ3n) is 5.11. The van der Waals surface area contributed by atoms with Gasteiger partial charge in [0.1, 0.15) is 17.5 Å². The molecule has 1 aromatic heterocycles. The van der Waals surface area contributed by atoms with Gasteiger partial charge in [0.15, 0.2) is 0 Å². The Morgan fingerprint density at radius 3 is 2.76 bits per heavy atom. The lowest BCUT2D eigenvalue weighted by Crippen LogP contribution is -2.42. The average Bonchev–Trinajstić information content (AvgIpc) is 3.25. The van der Waals surface area contributed by atoms with Crippen molar-refractivity contribution in [1.82, 2.24) is 14.9 Å². The molecule has 1 aromatic rings. The summed E-state index contributed by atoms with van der Waals surface area (Å²) < 4.78 is 0. The van der Waals surface area contributed by atoms with E-state index in [4.69, 9.17) is 4.98 Å². The van der Waals surface area contributed by atoms with E-state index in [9.17, 15) is 0 Å². The minimum absolute atomic E-state index is 0.566. The molecular formula is C16H25N5. The first kappa shape index (κ1) is 13.3. The number of fused-ring (bicyclic) bond motifs is 1. The molecule has 3 fully saturated rings. The van der Waals surface area contributed by atoms with Gasteiger partial charge in [-0.25, -0.2) is 9.97 Å². The number of aromatic nitrogens is 2. The van der Waals surface area contributed by atoms with Gasteiger partial charge >= 0.3 is 0 Å². The quantitative estimate of drug-likeness (QED) is 0.891. The zero-order valence-corrected chi connectivity index (χ0v) is 12.8. The molecule has 21 heavy (non-hydrogen) atoms. The number of hydrogen-bond acceptors (Lipinski definition) is 5. The summed E-state index contributed by atoms with van der Waals surface area (Å²) in [4.78, 5) is 12.0. The second-order valence-corrected chi connectivity index (χ2v) is 6.72. The largest absolute Gasteiger partial charge is 0.373 e. The van der Waals surface area contributed by atoms with Crippen LogP contribution in [0.3, 0.4) is 0 Å². The summed E-state index contributed by atoms with van der Waals surface area (Å²) >= 11 is 0. The molecule has 3 aliphatic rings. The van der Waals surface area contributed by atoms with Crippen molar-refractivity contribution in [3.8, 4) is 0 Å². The van der Waals surface area contributed by atoms with Crippen LogP contribution in [0.15, 0.2) is 6.07 Å². The van der Waals surface area contributed by atoms with Crippen molar-refractivity contribution in [2.24, 2.45) is 0 Å². The van der Waals surface area contributed by atoms with Gasteiger partial charge in [-0.2, -0.15) is 0 Å². The van der Waals surface area contributed by atoms with E-state index in [2.05, 4.69) is 20.5 Å². The second-order valence-electron chi connectivity index (χ2n) is 6.72. The van der Waals surface area contributed by atoms with Crippen LogP contribution in [0.5, 0.6) is 0 Å². The molecule has 0 amide bonds. The number of nitrogens with zero attached hydrogens (tertiary/aromatic N) is 3. The number of hydrogen-bond donors (Lipinski definition) is 2. The fourth-order valence-electron chi connectivity index (χ4n) is 3.76. The van der Waals surface area contributed by atoms with Crippen molar-refractivity contribution in [3.63, 3.8) is 0 Å². The maximum absolute atomic E-state index is 4.75. The summed E-state index contributed by atoms with van der Waals surface area (Å²) in [6, 6.07) is 3.41. The van der Waals surface area contributed by atoms with Crippen LogP contribution in [-0.4, -0.2) is 47.1 Å². The highest BCUT2D eigenvalue weighted by Gasteiger charge is 2.32. The predicted molar refractivity (Wildman–Crippen MR) is 84.8 cm³/mol. The third-order valence-corrected chi connectivity index (χ3v) is 5.11. The normalized spacial score (nSPS) is 29.2. The summed E-state index contributed by atoms with van der Waals surface area (Å²) in [7, 11) is 1.93. The first-order chi connectivity index (χ1) is 10.3. The molecule has 2 atom stereocenters. The lowest BCUT2D eigenvalue weighted by atomic mass is 9.97. The van der Waals surface area contributed by atoms with Crippen LogP contribution in [0.4, 0.5) is 11.6 Å². The molecule has 0 bridgehead atoms. The maximum Gasteiger partial charge on any atom is 0.136 e. The van der Waals surface area contributed by atoms with Gasteiger partial charge in [-0.15, -0.1) is 0 Å². The van der Waals surface area contributed by atoms with Gasteiger partial charge in [-0.1, -0.05) is 0 Å². The Morgan fingerprint density at radius 2 is 1.95 bits per heavy atom. The molecule has 2 aliphatic heterocycles. The molecule has 114 valence electrons. The molecule has 0 spiro atoms. The van der Waals surface area contributed by atoms with Crippen LogP contribution < -0.4 is 10.6 Å². The second kappa shape index (κ2) is 5.44. The summed E-state index contributed by atoms with van der Waals surface area (Å²) in [5.41, 5.74) is 0. The minimum atomic E-state index is 0.566. The van der Waals surface area contributed by atoms with Crippen molar-refractivity contribution in [2.75, 3.05) is 30.8 Å². The molecule has 0 radical (unpaired) electrons. The van der Waals surface area contributed by atoms with Crippen LogP contribution in [0.2, 0.25) is 0 Å². The summed E-state index contributed by atoms with van der Waals surface area (Å²) in [6.07, 6.45) is 7.73. The standard InChI is InChI=1S/C16H25N5/c1-17-14-10-15(20-16(19-14)11-4-5-11)18-12-6-8-21-7-2-3-13(21)9-12/h10-13H,2-9H2,1H3,(H2,17,18,19,20). The average molecular weight is 287 g/mol. The van der Waals surface area contributed by atoms with Gasteiger partial charge in [0.2, 0.25) is 0 Å². The highest BCUT2D eigenvalue weighted by Crippen LogP contribution is 2.39. The van der Waals surface area contributed by atoms with Crippen molar-refractivity contribution < 1.29 is 0 Å². The Balaban J connectivity index is 1.47. The lowest BCUT2D eigenvalue weighted by Gasteiger charge is -2.35. The van der Waals surface area contributed by atoms with Crippen LogP contribution in [-0.2, 0) is 0 Å². The summed E-state index contributed by atoms with van der Waals surface area (Å²) in [6.45, 7) is 2.54. The molecule has 5 heteroatoms. The topological polar surface area (TPSA) is 53.1 Å². The summed E-state index contributed by atoms with van der Waals surface area (Å²) in [5.74, 6) is 3.55. The smallest absolute Gasteiger partial charge is 0.136 e. The number of piperidine rings is 1.